The molecule has 0 radical (unpaired) electrons. The molecular formula is C21H29N5O3. The van der Waals surface area contributed by atoms with Crippen molar-refractivity contribution in [2.24, 2.45) is 7.05 Å². The van der Waals surface area contributed by atoms with Crippen LogP contribution in [0.2, 0.25) is 0 Å². The van der Waals surface area contributed by atoms with E-state index >= 15 is 0 Å². The Morgan fingerprint density at radius 2 is 1.97 bits per heavy atom. The number of unbranched alkanes of at least 4 members (excludes halogenated alkanes) is 4. The van der Waals surface area contributed by atoms with Gasteiger partial charge in [-0.3, -0.25) is 13.9 Å². The molecule has 0 saturated carbocycles. The molecule has 3 aromatic rings. The van der Waals surface area contributed by atoms with E-state index < -0.39 is 0 Å². The van der Waals surface area contributed by atoms with Crippen LogP contribution in [0.1, 0.15) is 51.2 Å². The molecule has 8 heteroatoms. The van der Waals surface area contributed by atoms with Crippen LogP contribution in [-0.2, 0) is 26.7 Å². The molecular weight excluding hydrogens is 370 g/mol. The Balaban J connectivity index is 1.71. The Morgan fingerprint density at radius 3 is 2.72 bits per heavy atom. The minimum absolute atomic E-state index is 0.225. The third-order valence-corrected chi connectivity index (χ3v) is 5.72. The quantitative estimate of drug-likeness (QED) is 0.544. The van der Waals surface area contributed by atoms with Crippen molar-refractivity contribution in [1.29, 1.82) is 0 Å². The van der Waals surface area contributed by atoms with E-state index in [0.717, 1.165) is 50.5 Å². The molecule has 3 aromatic heterocycles. The molecule has 0 spiro atoms. The van der Waals surface area contributed by atoms with Crippen molar-refractivity contribution in [3.8, 4) is 0 Å². The number of aryl methyl sites for hydroxylation is 2. The van der Waals surface area contributed by atoms with E-state index in [1.54, 1.807) is 13.3 Å². The van der Waals surface area contributed by atoms with Gasteiger partial charge >= 0.3 is 5.69 Å². The van der Waals surface area contributed by atoms with Gasteiger partial charge in [0.05, 0.1) is 12.8 Å². The molecule has 0 N–H and O–H groups in total. The zero-order chi connectivity index (χ0) is 20.4. The molecule has 4 rings (SSSR count). The normalized spacial score (nSPS) is 13.9. The molecule has 4 heterocycles. The van der Waals surface area contributed by atoms with Gasteiger partial charge in [-0.05, 0) is 25.0 Å². The molecule has 0 fully saturated rings. The molecule has 29 heavy (non-hydrogen) atoms. The van der Waals surface area contributed by atoms with Crippen LogP contribution in [0.4, 0.5) is 5.95 Å². The van der Waals surface area contributed by atoms with E-state index in [-0.39, 0.29) is 11.2 Å². The summed E-state index contributed by atoms with van der Waals surface area (Å²) >= 11 is 0. The van der Waals surface area contributed by atoms with Crippen molar-refractivity contribution >= 4 is 17.1 Å². The van der Waals surface area contributed by atoms with Gasteiger partial charge in [-0.15, -0.1) is 0 Å². The second kappa shape index (κ2) is 8.31. The van der Waals surface area contributed by atoms with E-state index in [4.69, 9.17) is 9.40 Å². The summed E-state index contributed by atoms with van der Waals surface area (Å²) in [5, 5.41) is 0. The van der Waals surface area contributed by atoms with Crippen molar-refractivity contribution in [2.75, 3.05) is 11.4 Å². The minimum atomic E-state index is -0.286. The number of hydrogen-bond donors (Lipinski definition) is 0. The number of aromatic nitrogens is 4. The van der Waals surface area contributed by atoms with Gasteiger partial charge in [0.15, 0.2) is 11.2 Å². The Labute approximate surface area is 169 Å². The molecule has 0 aliphatic carbocycles. The van der Waals surface area contributed by atoms with Gasteiger partial charge in [0.1, 0.15) is 5.76 Å². The topological polar surface area (TPSA) is 78.2 Å². The molecule has 0 bridgehead atoms. The number of hydrogen-bond acceptors (Lipinski definition) is 5. The molecule has 1 aliphatic heterocycles. The zero-order valence-corrected chi connectivity index (χ0v) is 17.3. The minimum Gasteiger partial charge on any atom is -0.467 e. The molecule has 156 valence electrons. The van der Waals surface area contributed by atoms with Gasteiger partial charge in [-0.2, -0.15) is 4.98 Å². The summed E-state index contributed by atoms with van der Waals surface area (Å²) in [5.41, 5.74) is 0.478. The Hall–Kier alpha value is -2.77. The van der Waals surface area contributed by atoms with Crippen LogP contribution in [0.5, 0.6) is 0 Å². The maximum absolute atomic E-state index is 13.2. The standard InChI is InChI=1S/C21H29N5O3/c1-3-4-5-6-7-12-26-19(27)17-18(23(2)21(26)28)22-20-24(11-9-13-25(17)20)15-16-10-8-14-29-16/h8,10,14H,3-7,9,11-13,15H2,1-2H3. The number of nitrogens with zero attached hydrogens (tertiary/aromatic N) is 5. The lowest BCUT2D eigenvalue weighted by Gasteiger charge is -2.28. The van der Waals surface area contributed by atoms with Crippen LogP contribution in [0.3, 0.4) is 0 Å². The highest BCUT2D eigenvalue weighted by molar-refractivity contribution is 5.74. The van der Waals surface area contributed by atoms with Crippen molar-refractivity contribution in [3.05, 3.63) is 45.0 Å². The lowest BCUT2D eigenvalue weighted by molar-refractivity contribution is 0.481. The fraction of sp³-hybridized carbons (Fsp3) is 0.571. The first-order chi connectivity index (χ1) is 14.1. The van der Waals surface area contributed by atoms with Gasteiger partial charge in [0.2, 0.25) is 5.95 Å². The van der Waals surface area contributed by atoms with Crippen molar-refractivity contribution < 1.29 is 4.42 Å². The molecule has 0 amide bonds. The molecule has 0 unspecified atom stereocenters. The van der Waals surface area contributed by atoms with Gasteiger partial charge in [-0.1, -0.05) is 32.6 Å². The van der Waals surface area contributed by atoms with Crippen LogP contribution >= 0.6 is 0 Å². The molecule has 1 aliphatic rings. The second-order valence-electron chi connectivity index (χ2n) is 7.80. The van der Waals surface area contributed by atoms with E-state index in [1.807, 2.05) is 16.7 Å². The van der Waals surface area contributed by atoms with E-state index in [1.165, 1.54) is 22.0 Å². The fourth-order valence-electron chi connectivity index (χ4n) is 4.14. The van der Waals surface area contributed by atoms with Gasteiger partial charge in [-0.25, -0.2) is 4.79 Å². The molecule has 0 aromatic carbocycles. The number of anilines is 1. The highest BCUT2D eigenvalue weighted by Crippen LogP contribution is 2.25. The highest BCUT2D eigenvalue weighted by Gasteiger charge is 2.26. The summed E-state index contributed by atoms with van der Waals surface area (Å²) in [6.07, 6.45) is 7.94. The number of furan rings is 1. The van der Waals surface area contributed by atoms with Crippen LogP contribution in [0, 0.1) is 0 Å². The smallest absolute Gasteiger partial charge is 0.332 e. The zero-order valence-electron chi connectivity index (χ0n) is 17.3. The largest absolute Gasteiger partial charge is 0.467 e. The Bertz CT molecular complexity index is 1090. The van der Waals surface area contributed by atoms with Crippen molar-refractivity contribution in [1.82, 2.24) is 18.7 Å². The van der Waals surface area contributed by atoms with Crippen LogP contribution in [0.15, 0.2) is 32.4 Å². The molecule has 0 saturated heterocycles. The number of rotatable bonds is 8. The average molecular weight is 399 g/mol. The predicted molar refractivity (Wildman–Crippen MR) is 112 cm³/mol. The predicted octanol–water partition coefficient (Wildman–Crippen LogP) is 2.87. The van der Waals surface area contributed by atoms with Crippen molar-refractivity contribution in [3.63, 3.8) is 0 Å². The number of imidazole rings is 1. The van der Waals surface area contributed by atoms with Crippen LogP contribution < -0.4 is 16.1 Å². The summed E-state index contributed by atoms with van der Waals surface area (Å²) in [5.74, 6) is 1.58. The maximum Gasteiger partial charge on any atom is 0.332 e. The summed E-state index contributed by atoms with van der Waals surface area (Å²) in [7, 11) is 1.70. The summed E-state index contributed by atoms with van der Waals surface area (Å²) in [6, 6.07) is 3.80. The Morgan fingerprint density at radius 1 is 1.14 bits per heavy atom. The molecule has 8 nitrogen and oxygen atoms in total. The maximum atomic E-state index is 13.2. The van der Waals surface area contributed by atoms with E-state index in [9.17, 15) is 9.59 Å². The SMILES string of the molecule is CCCCCCCn1c(=O)c2c(nc3n2CCCN3Cc2ccco2)n(C)c1=O. The summed E-state index contributed by atoms with van der Waals surface area (Å²) < 4.78 is 10.3. The van der Waals surface area contributed by atoms with Crippen LogP contribution in [0.25, 0.3) is 11.2 Å². The summed E-state index contributed by atoms with van der Waals surface area (Å²) in [6.45, 7) is 4.79. The third-order valence-electron chi connectivity index (χ3n) is 5.72. The second-order valence-corrected chi connectivity index (χ2v) is 7.80. The van der Waals surface area contributed by atoms with Gasteiger partial charge in [0.25, 0.3) is 5.56 Å². The fourth-order valence-corrected chi connectivity index (χ4v) is 4.14. The first kappa shape index (κ1) is 19.5. The van der Waals surface area contributed by atoms with E-state index in [0.29, 0.717) is 24.3 Å². The first-order valence-corrected chi connectivity index (χ1v) is 10.6. The summed E-state index contributed by atoms with van der Waals surface area (Å²) in [4.78, 5) is 32.9. The monoisotopic (exact) mass is 399 g/mol. The lowest BCUT2D eigenvalue weighted by Crippen LogP contribution is -2.40. The Kier molecular flexibility index (Phi) is 5.60. The average Bonchev–Trinajstić information content (AvgIpc) is 3.36. The van der Waals surface area contributed by atoms with Gasteiger partial charge in [0, 0.05) is 26.7 Å². The highest BCUT2D eigenvalue weighted by atomic mass is 16.3. The first-order valence-electron chi connectivity index (χ1n) is 10.6. The van der Waals surface area contributed by atoms with Crippen molar-refractivity contribution in [2.45, 2.75) is 65.1 Å². The van der Waals surface area contributed by atoms with Gasteiger partial charge < -0.3 is 13.9 Å². The van der Waals surface area contributed by atoms with E-state index in [2.05, 4.69) is 11.8 Å². The molecule has 0 atom stereocenters. The number of fused-ring (bicyclic) bond motifs is 3. The lowest BCUT2D eigenvalue weighted by atomic mass is 10.1. The third kappa shape index (κ3) is 3.63. The van der Waals surface area contributed by atoms with Crippen LogP contribution in [-0.4, -0.2) is 25.2 Å².